The molecule has 110 valence electrons. The summed E-state index contributed by atoms with van der Waals surface area (Å²) in [4.78, 5) is 22.4. The zero-order chi connectivity index (χ0) is 15.2. The first-order chi connectivity index (χ1) is 10.1. The van der Waals surface area contributed by atoms with E-state index in [1.807, 2.05) is 35.2 Å². The van der Waals surface area contributed by atoms with Crippen LogP contribution < -0.4 is 5.32 Å². The quantitative estimate of drug-likeness (QED) is 0.740. The SMILES string of the molecule is O=C(NCCC(O)C(=O)O)c1cccc(-n2cccc2)c1. The van der Waals surface area contributed by atoms with Crippen LogP contribution in [0.2, 0.25) is 0 Å². The lowest BCUT2D eigenvalue weighted by Gasteiger charge is -2.09. The van der Waals surface area contributed by atoms with E-state index in [-0.39, 0.29) is 18.9 Å². The smallest absolute Gasteiger partial charge is 0.332 e. The number of aliphatic hydroxyl groups is 1. The van der Waals surface area contributed by atoms with Crippen molar-refractivity contribution in [3.63, 3.8) is 0 Å². The van der Waals surface area contributed by atoms with Gasteiger partial charge in [0.05, 0.1) is 0 Å². The lowest BCUT2D eigenvalue weighted by molar-refractivity contribution is -0.146. The van der Waals surface area contributed by atoms with Crippen LogP contribution in [-0.4, -0.2) is 39.3 Å². The van der Waals surface area contributed by atoms with Gasteiger partial charge < -0.3 is 20.1 Å². The largest absolute Gasteiger partial charge is 0.479 e. The molecule has 0 saturated heterocycles. The number of rotatable bonds is 6. The Morgan fingerprint density at radius 1 is 1.19 bits per heavy atom. The molecule has 21 heavy (non-hydrogen) atoms. The number of aliphatic hydroxyl groups excluding tert-OH is 1. The fourth-order valence-electron chi connectivity index (χ4n) is 1.86. The zero-order valence-corrected chi connectivity index (χ0v) is 11.3. The number of aromatic nitrogens is 1. The predicted octanol–water partition coefficient (Wildman–Crippen LogP) is 1.04. The minimum absolute atomic E-state index is 0.0294. The molecule has 0 spiro atoms. The highest BCUT2D eigenvalue weighted by molar-refractivity contribution is 5.94. The molecule has 1 unspecified atom stereocenters. The first-order valence-corrected chi connectivity index (χ1v) is 6.50. The van der Waals surface area contributed by atoms with Crippen LogP contribution in [0.3, 0.4) is 0 Å². The maximum Gasteiger partial charge on any atom is 0.332 e. The second-order valence-corrected chi connectivity index (χ2v) is 4.54. The van der Waals surface area contributed by atoms with E-state index in [1.165, 1.54) is 0 Å². The molecule has 0 fully saturated rings. The molecule has 0 aliphatic rings. The number of aliphatic carboxylic acids is 1. The molecule has 6 nitrogen and oxygen atoms in total. The molecule has 2 rings (SSSR count). The normalized spacial score (nSPS) is 11.9. The number of carboxylic acids is 1. The molecule has 6 heteroatoms. The third kappa shape index (κ3) is 3.93. The molecule has 1 amide bonds. The first-order valence-electron chi connectivity index (χ1n) is 6.50. The van der Waals surface area contributed by atoms with E-state index in [1.54, 1.807) is 18.2 Å². The van der Waals surface area contributed by atoms with Crippen LogP contribution in [0.5, 0.6) is 0 Å². The molecule has 0 saturated carbocycles. The number of nitrogens with one attached hydrogen (secondary N) is 1. The fraction of sp³-hybridized carbons (Fsp3) is 0.200. The van der Waals surface area contributed by atoms with Crippen molar-refractivity contribution in [1.29, 1.82) is 0 Å². The third-order valence-corrected chi connectivity index (χ3v) is 3.00. The summed E-state index contributed by atoms with van der Waals surface area (Å²) < 4.78 is 1.88. The lowest BCUT2D eigenvalue weighted by atomic mass is 10.2. The van der Waals surface area contributed by atoms with Crippen LogP contribution in [-0.2, 0) is 4.79 Å². The van der Waals surface area contributed by atoms with Crippen molar-refractivity contribution in [3.8, 4) is 5.69 Å². The summed E-state index contributed by atoms with van der Waals surface area (Å²) in [5, 5.41) is 20.3. The molecular formula is C15H16N2O4. The number of carboxylic acid groups (broad SMARTS) is 1. The Labute approximate surface area is 121 Å². The predicted molar refractivity (Wildman–Crippen MR) is 76.4 cm³/mol. The molecule has 0 bridgehead atoms. The average molecular weight is 288 g/mol. The van der Waals surface area contributed by atoms with Gasteiger partial charge in [0.1, 0.15) is 0 Å². The van der Waals surface area contributed by atoms with Crippen molar-refractivity contribution in [2.45, 2.75) is 12.5 Å². The molecule has 0 radical (unpaired) electrons. The maximum atomic E-state index is 12.0. The summed E-state index contributed by atoms with van der Waals surface area (Å²) in [5.74, 6) is -1.60. The van der Waals surface area contributed by atoms with Crippen molar-refractivity contribution in [3.05, 3.63) is 54.4 Å². The minimum atomic E-state index is -1.46. The Morgan fingerprint density at radius 3 is 2.57 bits per heavy atom. The Kier molecular flexibility index (Phi) is 4.73. The highest BCUT2D eigenvalue weighted by atomic mass is 16.4. The summed E-state index contributed by atoms with van der Waals surface area (Å²) in [6, 6.07) is 10.8. The van der Waals surface area contributed by atoms with Crippen molar-refractivity contribution < 1.29 is 19.8 Å². The Bertz CT molecular complexity index is 622. The topological polar surface area (TPSA) is 91.6 Å². The molecule has 1 aromatic heterocycles. The molecule has 0 aliphatic carbocycles. The summed E-state index contributed by atoms with van der Waals surface area (Å²) in [5.41, 5.74) is 1.34. The van der Waals surface area contributed by atoms with Gasteiger partial charge in [-0.3, -0.25) is 4.79 Å². The van der Waals surface area contributed by atoms with Crippen LogP contribution in [0.1, 0.15) is 16.8 Å². The number of benzene rings is 1. The summed E-state index contributed by atoms with van der Waals surface area (Å²) >= 11 is 0. The summed E-state index contributed by atoms with van der Waals surface area (Å²) in [7, 11) is 0. The Balaban J connectivity index is 1.97. The maximum absolute atomic E-state index is 12.0. The van der Waals surface area contributed by atoms with E-state index in [0.29, 0.717) is 5.56 Å². The number of hydrogen-bond donors (Lipinski definition) is 3. The van der Waals surface area contributed by atoms with Gasteiger partial charge in [0, 0.05) is 36.6 Å². The molecule has 2 aromatic rings. The monoisotopic (exact) mass is 288 g/mol. The van der Waals surface area contributed by atoms with Crippen LogP contribution in [0.15, 0.2) is 48.8 Å². The van der Waals surface area contributed by atoms with Crippen LogP contribution in [0, 0.1) is 0 Å². The second kappa shape index (κ2) is 6.71. The standard InChI is InChI=1S/C15H16N2O4/c18-13(15(20)21)6-7-16-14(19)11-4-3-5-12(10-11)17-8-1-2-9-17/h1-5,8-10,13,18H,6-7H2,(H,16,19)(H,20,21). The Hall–Kier alpha value is -2.60. The first kappa shape index (κ1) is 14.8. The molecule has 1 heterocycles. The molecular weight excluding hydrogens is 272 g/mol. The lowest BCUT2D eigenvalue weighted by Crippen LogP contribution is -2.30. The minimum Gasteiger partial charge on any atom is -0.479 e. The van der Waals surface area contributed by atoms with E-state index < -0.39 is 12.1 Å². The van der Waals surface area contributed by atoms with Crippen molar-refractivity contribution in [1.82, 2.24) is 9.88 Å². The highest BCUT2D eigenvalue weighted by Crippen LogP contribution is 2.11. The van der Waals surface area contributed by atoms with Gasteiger partial charge >= 0.3 is 5.97 Å². The van der Waals surface area contributed by atoms with Gasteiger partial charge in [-0.2, -0.15) is 0 Å². The average Bonchev–Trinajstić information content (AvgIpc) is 3.01. The van der Waals surface area contributed by atoms with Gasteiger partial charge in [-0.25, -0.2) is 4.79 Å². The van der Waals surface area contributed by atoms with E-state index >= 15 is 0 Å². The van der Waals surface area contributed by atoms with E-state index in [9.17, 15) is 9.59 Å². The van der Waals surface area contributed by atoms with Crippen LogP contribution in [0.25, 0.3) is 5.69 Å². The number of carbonyl (C=O) groups is 2. The van der Waals surface area contributed by atoms with Crippen molar-refractivity contribution >= 4 is 11.9 Å². The van der Waals surface area contributed by atoms with Crippen LogP contribution >= 0.6 is 0 Å². The number of carbonyl (C=O) groups excluding carboxylic acids is 1. The number of amides is 1. The summed E-state index contributed by atoms with van der Waals surface area (Å²) in [6.07, 6.45) is 2.26. The fourth-order valence-corrected chi connectivity index (χ4v) is 1.86. The van der Waals surface area contributed by atoms with Crippen LogP contribution in [0.4, 0.5) is 0 Å². The van der Waals surface area contributed by atoms with E-state index in [2.05, 4.69) is 5.32 Å². The van der Waals surface area contributed by atoms with Gasteiger partial charge in [0.2, 0.25) is 0 Å². The summed E-state index contributed by atoms with van der Waals surface area (Å²) in [6.45, 7) is 0.0973. The Morgan fingerprint density at radius 2 is 1.90 bits per heavy atom. The molecule has 3 N–H and O–H groups in total. The zero-order valence-electron chi connectivity index (χ0n) is 11.3. The van der Waals surface area contributed by atoms with E-state index in [0.717, 1.165) is 5.69 Å². The third-order valence-electron chi connectivity index (χ3n) is 3.00. The van der Waals surface area contributed by atoms with Crippen molar-refractivity contribution in [2.75, 3.05) is 6.54 Å². The van der Waals surface area contributed by atoms with Gasteiger partial charge in [-0.15, -0.1) is 0 Å². The van der Waals surface area contributed by atoms with Gasteiger partial charge in [-0.05, 0) is 30.3 Å². The second-order valence-electron chi connectivity index (χ2n) is 4.54. The number of nitrogens with zero attached hydrogens (tertiary/aromatic N) is 1. The molecule has 0 aliphatic heterocycles. The molecule has 1 aromatic carbocycles. The van der Waals surface area contributed by atoms with Gasteiger partial charge in [0.25, 0.3) is 5.91 Å². The molecule has 1 atom stereocenters. The van der Waals surface area contributed by atoms with Crippen molar-refractivity contribution in [2.24, 2.45) is 0 Å². The number of hydrogen-bond acceptors (Lipinski definition) is 3. The van der Waals surface area contributed by atoms with E-state index in [4.69, 9.17) is 10.2 Å². The highest BCUT2D eigenvalue weighted by Gasteiger charge is 2.13. The van der Waals surface area contributed by atoms with Gasteiger partial charge in [-0.1, -0.05) is 6.07 Å². The van der Waals surface area contributed by atoms with Gasteiger partial charge in [0.15, 0.2) is 6.10 Å².